The highest BCUT2D eigenvalue weighted by atomic mass is 16.7. The lowest BCUT2D eigenvalue weighted by molar-refractivity contribution is -0.302. The Morgan fingerprint density at radius 3 is 2.51 bits per heavy atom. The van der Waals surface area contributed by atoms with Crippen molar-refractivity contribution in [1.82, 2.24) is 24.8 Å². The third-order valence-corrected chi connectivity index (χ3v) is 14.5. The quantitative estimate of drug-likeness (QED) is 0.219. The standard InChI is InChI=1S/C48H67N7O10/c1-11-37-48(8)42-29(4)38(49-20-21-54(42)46(58)65-48)27(2)23-47(7)43(64-45-40(56)36(53(9)10)22-28(3)62-45)30(5)41(31(6)44(57)63-37)59-25-33(26-60-47)51-61-24-32-16-15-19-35-39(32)50-52-55(35)34-17-13-12-14-18-34/h12-19,27-31,36-37,40-43,45,56H,11,20-26H2,1-10H3/b51-33+/t27-,28+,29+,30+,31-,36-,37-,40+,41+,42-,43-,45-,47-,48-/m1/s1. The molecule has 0 unspecified atom stereocenters. The summed E-state index contributed by atoms with van der Waals surface area (Å²) in [6.07, 6.45) is -3.59. The number of cyclic esters (lactones) is 1. The maximum Gasteiger partial charge on any atom is 0.410 e. The third kappa shape index (κ3) is 9.04. The molecule has 4 fully saturated rings. The molecule has 0 aliphatic carbocycles. The largest absolute Gasteiger partial charge is 0.458 e. The van der Waals surface area contributed by atoms with Gasteiger partial charge in [0.1, 0.15) is 30.0 Å². The maximum absolute atomic E-state index is 14.7. The number of carbonyl (C=O) groups excluding carboxylic acids is 2. The van der Waals surface area contributed by atoms with Crippen LogP contribution < -0.4 is 0 Å². The molecule has 2 aromatic carbocycles. The predicted octanol–water partition coefficient (Wildman–Crippen LogP) is 5.58. The van der Waals surface area contributed by atoms with E-state index in [9.17, 15) is 14.7 Å². The van der Waals surface area contributed by atoms with Crippen molar-refractivity contribution in [2.24, 2.45) is 33.8 Å². The molecule has 5 aliphatic rings. The topological polar surface area (TPSA) is 181 Å². The molecule has 8 rings (SSSR count). The average molecular weight is 902 g/mol. The number of aliphatic imine (C=N–C) groups is 1. The minimum absolute atomic E-state index is 0.00268. The third-order valence-electron chi connectivity index (χ3n) is 14.5. The fourth-order valence-corrected chi connectivity index (χ4v) is 11.3. The number of hydrogen-bond acceptors (Lipinski definition) is 15. The second-order valence-electron chi connectivity index (χ2n) is 19.4. The van der Waals surface area contributed by atoms with Crippen LogP contribution in [0.15, 0.2) is 58.7 Å². The van der Waals surface area contributed by atoms with Crippen molar-refractivity contribution < 1.29 is 48.0 Å². The van der Waals surface area contributed by atoms with Gasteiger partial charge in [0.05, 0.1) is 66.8 Å². The van der Waals surface area contributed by atoms with E-state index in [2.05, 4.69) is 29.3 Å². The van der Waals surface area contributed by atoms with Gasteiger partial charge in [-0.05, 0) is 85.2 Å². The van der Waals surface area contributed by atoms with Gasteiger partial charge in [-0.25, -0.2) is 9.48 Å². The molecule has 1 amide bonds. The summed E-state index contributed by atoms with van der Waals surface area (Å²) in [5.41, 5.74) is 2.29. The Bertz CT molecular complexity index is 2240. The molecule has 0 radical (unpaired) electrons. The van der Waals surface area contributed by atoms with Gasteiger partial charge in [0.25, 0.3) is 0 Å². The van der Waals surface area contributed by atoms with E-state index in [-0.39, 0.29) is 43.8 Å². The molecule has 17 nitrogen and oxygen atoms in total. The summed E-state index contributed by atoms with van der Waals surface area (Å²) in [5.74, 6) is -2.34. The Balaban J connectivity index is 1.18. The van der Waals surface area contributed by atoms with Crippen molar-refractivity contribution >= 4 is 34.5 Å². The van der Waals surface area contributed by atoms with Crippen LogP contribution in [0.2, 0.25) is 0 Å². The molecule has 1 N–H and O–H groups in total. The summed E-state index contributed by atoms with van der Waals surface area (Å²) in [6, 6.07) is 15.0. The van der Waals surface area contributed by atoms with E-state index < -0.39 is 71.8 Å². The first kappa shape index (κ1) is 47.0. The number of fused-ring (bicyclic) bond motifs is 5. The van der Waals surface area contributed by atoms with Crippen molar-refractivity contribution in [1.29, 1.82) is 0 Å². The number of likely N-dealkylation sites (N-methyl/N-ethyl adjacent to an activating group) is 1. The number of rotatable bonds is 8. The monoisotopic (exact) mass is 901 g/mol. The molecular formula is C48H67N7O10. The van der Waals surface area contributed by atoms with Crippen molar-refractivity contribution in [3.05, 3.63) is 54.1 Å². The number of hydrogen-bond donors (Lipinski definition) is 1. The van der Waals surface area contributed by atoms with Gasteiger partial charge in [-0.3, -0.25) is 14.7 Å². The summed E-state index contributed by atoms with van der Waals surface area (Å²) in [6.45, 7) is 16.6. The minimum Gasteiger partial charge on any atom is -0.458 e. The number of ether oxygens (including phenoxy) is 6. The molecular weight excluding hydrogens is 835 g/mol. The highest BCUT2D eigenvalue weighted by Crippen LogP contribution is 2.45. The lowest BCUT2D eigenvalue weighted by Crippen LogP contribution is -2.60. The average Bonchev–Trinajstić information content (AvgIpc) is 3.77. The van der Waals surface area contributed by atoms with Crippen LogP contribution in [0.3, 0.4) is 0 Å². The normalized spacial score (nSPS) is 37.8. The number of benzene rings is 2. The van der Waals surface area contributed by atoms with Gasteiger partial charge >= 0.3 is 12.1 Å². The minimum atomic E-state index is -1.15. The fraction of sp³-hybridized carbons (Fsp3) is 0.667. The Morgan fingerprint density at radius 1 is 1.00 bits per heavy atom. The molecule has 4 saturated heterocycles. The van der Waals surface area contributed by atoms with Crippen LogP contribution in [0.25, 0.3) is 16.7 Å². The number of aliphatic hydroxyl groups is 1. The molecule has 17 heteroatoms. The predicted molar refractivity (Wildman–Crippen MR) is 242 cm³/mol. The van der Waals surface area contributed by atoms with Crippen LogP contribution in [0.4, 0.5) is 4.79 Å². The highest BCUT2D eigenvalue weighted by Gasteiger charge is 2.60. The SMILES string of the molecule is CC[C@H]1OC(=O)[C@H](C)[C@H]2OC/C(=N\OCc3cccc4c3nnn4-c3ccccc3)CO[C@](C)(C[C@@H](C)C3=NCCN4C(=O)O[C@@]1(C)[C@H]4[C@H]3C)[C@H](O[C@H]1O[C@@H](C)C[C@@H](N(C)C)[C@@H]1O)[C@H]2C. The molecule has 354 valence electrons. The van der Waals surface area contributed by atoms with Gasteiger partial charge < -0.3 is 43.3 Å². The zero-order chi connectivity index (χ0) is 46.4. The molecule has 0 spiro atoms. The van der Waals surface area contributed by atoms with E-state index in [4.69, 9.17) is 38.3 Å². The molecule has 1 aromatic heterocycles. The Hall–Kier alpha value is -4.52. The van der Waals surface area contributed by atoms with Crippen LogP contribution in [0.1, 0.15) is 80.2 Å². The van der Waals surface area contributed by atoms with E-state index >= 15 is 0 Å². The first-order valence-corrected chi connectivity index (χ1v) is 23.3. The lowest BCUT2D eigenvalue weighted by atomic mass is 9.72. The fourth-order valence-electron chi connectivity index (χ4n) is 11.3. The molecule has 0 saturated carbocycles. The van der Waals surface area contributed by atoms with Gasteiger partial charge in [-0.2, -0.15) is 0 Å². The summed E-state index contributed by atoms with van der Waals surface area (Å²) in [5, 5.41) is 25.4. The van der Waals surface area contributed by atoms with Gasteiger partial charge in [0, 0.05) is 35.7 Å². The number of amides is 1. The summed E-state index contributed by atoms with van der Waals surface area (Å²) < 4.78 is 41.9. The van der Waals surface area contributed by atoms with E-state index in [1.807, 2.05) is 102 Å². The zero-order valence-corrected chi connectivity index (χ0v) is 39.5. The summed E-state index contributed by atoms with van der Waals surface area (Å²) >= 11 is 0. The number of aromatic nitrogens is 3. The van der Waals surface area contributed by atoms with Gasteiger partial charge in [0.2, 0.25) is 0 Å². The van der Waals surface area contributed by atoms with Crippen LogP contribution in [0, 0.1) is 23.7 Å². The molecule has 14 atom stereocenters. The molecule has 6 heterocycles. The first-order chi connectivity index (χ1) is 31.0. The van der Waals surface area contributed by atoms with E-state index in [1.54, 1.807) is 16.5 Å². The number of aliphatic hydroxyl groups excluding tert-OH is 1. The second-order valence-corrected chi connectivity index (χ2v) is 19.4. The highest BCUT2D eigenvalue weighted by molar-refractivity contribution is 5.91. The van der Waals surface area contributed by atoms with Crippen LogP contribution in [-0.4, -0.2) is 154 Å². The van der Waals surface area contributed by atoms with Crippen LogP contribution in [0.5, 0.6) is 0 Å². The molecule has 3 aromatic rings. The number of oxime groups is 1. The van der Waals surface area contributed by atoms with Crippen LogP contribution >= 0.6 is 0 Å². The molecule has 5 aliphatic heterocycles. The van der Waals surface area contributed by atoms with Gasteiger partial charge in [0.15, 0.2) is 11.9 Å². The number of esters is 1. The first-order valence-electron chi connectivity index (χ1n) is 23.3. The van der Waals surface area contributed by atoms with Crippen LogP contribution in [-0.2, 0) is 44.7 Å². The second kappa shape index (κ2) is 19.0. The zero-order valence-electron chi connectivity index (χ0n) is 39.5. The van der Waals surface area contributed by atoms with Crippen molar-refractivity contribution in [3.63, 3.8) is 0 Å². The van der Waals surface area contributed by atoms with Crippen molar-refractivity contribution in [2.75, 3.05) is 40.4 Å². The maximum atomic E-state index is 14.7. The summed E-state index contributed by atoms with van der Waals surface area (Å²) in [7, 11) is 3.87. The Morgan fingerprint density at radius 2 is 1.77 bits per heavy atom. The van der Waals surface area contributed by atoms with E-state index in [0.717, 1.165) is 22.5 Å². The number of nitrogens with zero attached hydrogens (tertiary/aromatic N) is 7. The summed E-state index contributed by atoms with van der Waals surface area (Å²) in [4.78, 5) is 43.3. The van der Waals surface area contributed by atoms with E-state index in [0.29, 0.717) is 43.6 Å². The number of carbonyl (C=O) groups is 2. The van der Waals surface area contributed by atoms with Gasteiger partial charge in [-0.15, -0.1) is 5.10 Å². The molecule has 65 heavy (non-hydrogen) atoms. The Labute approximate surface area is 381 Å². The van der Waals surface area contributed by atoms with Crippen molar-refractivity contribution in [3.8, 4) is 5.69 Å². The Kier molecular flexibility index (Phi) is 13.7. The van der Waals surface area contributed by atoms with Gasteiger partial charge in [-0.1, -0.05) is 68.4 Å². The lowest BCUT2D eigenvalue weighted by Gasteiger charge is -2.48. The van der Waals surface area contributed by atoms with E-state index in [1.165, 1.54) is 0 Å². The smallest absolute Gasteiger partial charge is 0.410 e. The number of para-hydroxylation sites is 1. The molecule has 4 bridgehead atoms. The van der Waals surface area contributed by atoms with Crippen molar-refractivity contribution in [2.45, 2.75) is 141 Å².